The van der Waals surface area contributed by atoms with Crippen molar-refractivity contribution in [1.29, 1.82) is 0 Å². The number of aliphatic hydroxyl groups is 1. The molecule has 5 heteroatoms. The van der Waals surface area contributed by atoms with Crippen molar-refractivity contribution in [2.75, 3.05) is 6.54 Å². The van der Waals surface area contributed by atoms with E-state index in [0.29, 0.717) is 6.54 Å². The van der Waals surface area contributed by atoms with Crippen LogP contribution in [0.1, 0.15) is 25.5 Å². The number of aliphatic hydroxyl groups excluding tert-OH is 1. The lowest BCUT2D eigenvalue weighted by molar-refractivity contribution is -0.142. The first kappa shape index (κ1) is 13.2. The number of thiophene rings is 1. The van der Waals surface area contributed by atoms with Gasteiger partial charge in [0.25, 0.3) is 0 Å². The number of aliphatic carboxylic acids is 1. The van der Waals surface area contributed by atoms with Crippen LogP contribution in [0.25, 0.3) is 0 Å². The molecule has 4 nitrogen and oxygen atoms in total. The molecule has 1 heterocycles. The number of nitrogens with one attached hydrogen (secondary N) is 1. The van der Waals surface area contributed by atoms with Gasteiger partial charge in [0, 0.05) is 12.6 Å². The Morgan fingerprint density at radius 1 is 1.56 bits per heavy atom. The Hall–Kier alpha value is -0.910. The predicted molar refractivity (Wildman–Crippen MR) is 63.5 cm³/mol. The molecule has 0 radical (unpaired) electrons. The summed E-state index contributed by atoms with van der Waals surface area (Å²) in [7, 11) is 0. The van der Waals surface area contributed by atoms with Crippen molar-refractivity contribution < 1.29 is 15.0 Å². The zero-order valence-corrected chi connectivity index (χ0v) is 10.2. The van der Waals surface area contributed by atoms with Gasteiger partial charge in [0.1, 0.15) is 0 Å². The molecular formula is C11H17NO3S. The molecule has 0 aliphatic heterocycles. The van der Waals surface area contributed by atoms with Gasteiger partial charge in [-0.25, -0.2) is 0 Å². The van der Waals surface area contributed by atoms with Crippen molar-refractivity contribution in [2.24, 2.45) is 5.92 Å². The van der Waals surface area contributed by atoms with E-state index in [4.69, 9.17) is 5.11 Å². The number of hydrogen-bond donors (Lipinski definition) is 3. The summed E-state index contributed by atoms with van der Waals surface area (Å²) in [6.07, 6.45) is -0.574. The number of carbonyl (C=O) groups is 1. The third kappa shape index (κ3) is 3.59. The standard InChI is InChI=1S/C11H17NO3S/c1-7(11(14)15)8(2)12-5-10(13)9-3-4-16-6-9/h3-4,6-8,10,12-13H,5H2,1-2H3,(H,14,15). The minimum atomic E-state index is -0.829. The smallest absolute Gasteiger partial charge is 0.307 e. The van der Waals surface area contributed by atoms with E-state index >= 15 is 0 Å². The summed E-state index contributed by atoms with van der Waals surface area (Å²) in [6, 6.07) is 1.70. The first-order valence-electron chi connectivity index (χ1n) is 5.18. The molecule has 1 aromatic heterocycles. The van der Waals surface area contributed by atoms with Crippen molar-refractivity contribution in [1.82, 2.24) is 5.32 Å². The van der Waals surface area contributed by atoms with Gasteiger partial charge in [0.15, 0.2) is 0 Å². The zero-order chi connectivity index (χ0) is 12.1. The van der Waals surface area contributed by atoms with Crippen LogP contribution in [0.15, 0.2) is 16.8 Å². The summed E-state index contributed by atoms with van der Waals surface area (Å²) in [5.74, 6) is -1.29. The molecule has 0 fully saturated rings. The van der Waals surface area contributed by atoms with E-state index in [1.54, 1.807) is 13.8 Å². The fourth-order valence-electron chi connectivity index (χ4n) is 1.27. The molecule has 3 N–H and O–H groups in total. The Morgan fingerprint density at radius 3 is 2.75 bits per heavy atom. The Labute approximate surface area is 98.9 Å². The van der Waals surface area contributed by atoms with Gasteiger partial charge >= 0.3 is 5.97 Å². The van der Waals surface area contributed by atoms with E-state index in [0.717, 1.165) is 5.56 Å². The minimum Gasteiger partial charge on any atom is -0.481 e. The zero-order valence-electron chi connectivity index (χ0n) is 9.38. The summed E-state index contributed by atoms with van der Waals surface area (Å²) in [4.78, 5) is 10.7. The van der Waals surface area contributed by atoms with Crippen molar-refractivity contribution >= 4 is 17.3 Å². The van der Waals surface area contributed by atoms with Gasteiger partial charge in [0.05, 0.1) is 12.0 Å². The van der Waals surface area contributed by atoms with Gasteiger partial charge in [-0.1, -0.05) is 6.92 Å². The van der Waals surface area contributed by atoms with Crippen molar-refractivity contribution in [3.8, 4) is 0 Å². The van der Waals surface area contributed by atoms with Crippen LogP contribution in [0.5, 0.6) is 0 Å². The highest BCUT2D eigenvalue weighted by Crippen LogP contribution is 2.15. The molecular weight excluding hydrogens is 226 g/mol. The van der Waals surface area contributed by atoms with Crippen molar-refractivity contribution in [3.63, 3.8) is 0 Å². The summed E-state index contributed by atoms with van der Waals surface area (Å²) in [5.41, 5.74) is 0.868. The second kappa shape index (κ2) is 5.98. The SMILES string of the molecule is CC(NCC(O)c1ccsc1)C(C)C(=O)O. The lowest BCUT2D eigenvalue weighted by Crippen LogP contribution is -2.38. The molecule has 3 atom stereocenters. The van der Waals surface area contributed by atoms with Crippen molar-refractivity contribution in [2.45, 2.75) is 26.0 Å². The molecule has 0 saturated heterocycles. The van der Waals surface area contributed by atoms with Crippen molar-refractivity contribution in [3.05, 3.63) is 22.4 Å². The predicted octanol–water partition coefficient (Wildman–Crippen LogP) is 1.48. The number of carboxylic acids is 1. The third-order valence-corrected chi connectivity index (χ3v) is 3.40. The minimum absolute atomic E-state index is 0.161. The van der Waals surface area contributed by atoms with Crippen LogP contribution in [0, 0.1) is 5.92 Å². The number of rotatable bonds is 6. The largest absolute Gasteiger partial charge is 0.481 e. The normalized spacial score (nSPS) is 16.7. The third-order valence-electron chi connectivity index (χ3n) is 2.70. The molecule has 0 aliphatic rings. The number of carboxylic acid groups (broad SMARTS) is 1. The first-order valence-corrected chi connectivity index (χ1v) is 6.13. The monoisotopic (exact) mass is 243 g/mol. The summed E-state index contributed by atoms with van der Waals surface area (Å²) in [6.45, 7) is 3.83. The molecule has 0 aromatic carbocycles. The molecule has 0 bridgehead atoms. The maximum Gasteiger partial charge on any atom is 0.307 e. The highest BCUT2D eigenvalue weighted by molar-refractivity contribution is 7.07. The van der Waals surface area contributed by atoms with Crippen LogP contribution in [0.3, 0.4) is 0 Å². The van der Waals surface area contributed by atoms with Gasteiger partial charge in [-0.05, 0) is 29.3 Å². The second-order valence-corrected chi connectivity index (χ2v) is 4.68. The second-order valence-electron chi connectivity index (χ2n) is 3.90. The molecule has 0 aliphatic carbocycles. The fraction of sp³-hybridized carbons (Fsp3) is 0.545. The maximum atomic E-state index is 10.7. The average Bonchev–Trinajstić information content (AvgIpc) is 2.77. The Morgan fingerprint density at radius 2 is 2.25 bits per heavy atom. The van der Waals surface area contributed by atoms with Gasteiger partial charge in [-0.3, -0.25) is 4.79 Å². The Balaban J connectivity index is 2.37. The van der Waals surface area contributed by atoms with E-state index < -0.39 is 18.0 Å². The highest BCUT2D eigenvalue weighted by Gasteiger charge is 2.19. The van der Waals surface area contributed by atoms with E-state index in [9.17, 15) is 9.90 Å². The van der Waals surface area contributed by atoms with Crippen LogP contribution in [0.2, 0.25) is 0 Å². The van der Waals surface area contributed by atoms with Crippen LogP contribution in [-0.2, 0) is 4.79 Å². The average molecular weight is 243 g/mol. The van der Waals surface area contributed by atoms with E-state index in [-0.39, 0.29) is 6.04 Å². The lowest BCUT2D eigenvalue weighted by atomic mass is 10.0. The quantitative estimate of drug-likeness (QED) is 0.708. The van der Waals surface area contributed by atoms with E-state index in [1.165, 1.54) is 11.3 Å². The van der Waals surface area contributed by atoms with Crippen LogP contribution < -0.4 is 5.32 Å². The van der Waals surface area contributed by atoms with Crippen LogP contribution in [-0.4, -0.2) is 28.8 Å². The summed E-state index contributed by atoms with van der Waals surface area (Å²) in [5, 5.41) is 25.4. The molecule has 16 heavy (non-hydrogen) atoms. The number of hydrogen-bond acceptors (Lipinski definition) is 4. The van der Waals surface area contributed by atoms with Gasteiger partial charge < -0.3 is 15.5 Å². The fourth-order valence-corrected chi connectivity index (χ4v) is 1.98. The van der Waals surface area contributed by atoms with E-state index in [1.807, 2.05) is 16.8 Å². The maximum absolute atomic E-state index is 10.7. The molecule has 0 saturated carbocycles. The van der Waals surface area contributed by atoms with Gasteiger partial charge in [-0.15, -0.1) is 0 Å². The van der Waals surface area contributed by atoms with Crippen LogP contribution >= 0.6 is 11.3 Å². The summed E-state index contributed by atoms with van der Waals surface area (Å²) < 4.78 is 0. The highest BCUT2D eigenvalue weighted by atomic mass is 32.1. The first-order chi connectivity index (χ1) is 7.52. The van der Waals surface area contributed by atoms with Crippen LogP contribution in [0.4, 0.5) is 0 Å². The lowest BCUT2D eigenvalue weighted by Gasteiger charge is -2.19. The molecule has 1 aromatic rings. The Kier molecular flexibility index (Phi) is 4.92. The topological polar surface area (TPSA) is 69.6 Å². The Bertz CT molecular complexity index is 326. The summed E-state index contributed by atoms with van der Waals surface area (Å²) >= 11 is 1.53. The van der Waals surface area contributed by atoms with Gasteiger partial charge in [-0.2, -0.15) is 11.3 Å². The molecule has 0 spiro atoms. The molecule has 1 rings (SSSR count). The van der Waals surface area contributed by atoms with Gasteiger partial charge in [0.2, 0.25) is 0 Å². The molecule has 3 unspecified atom stereocenters. The molecule has 0 amide bonds. The van der Waals surface area contributed by atoms with E-state index in [2.05, 4.69) is 5.32 Å². The molecule has 90 valence electrons.